The lowest BCUT2D eigenvalue weighted by atomic mass is 10.0. The maximum absolute atomic E-state index is 14.3. The minimum absolute atomic E-state index is 0.0479. The summed E-state index contributed by atoms with van der Waals surface area (Å²) in [4.78, 5) is 57.0. The number of oxime groups is 1. The van der Waals surface area contributed by atoms with Crippen LogP contribution in [0.1, 0.15) is 41.3 Å². The molecule has 0 radical (unpaired) electrons. The van der Waals surface area contributed by atoms with Crippen LogP contribution in [0.3, 0.4) is 0 Å². The zero-order valence-corrected chi connectivity index (χ0v) is 29.0. The minimum Gasteiger partial charge on any atom is -0.448 e. The number of hydrogen-bond acceptors (Lipinski definition) is 12. The number of thiazole rings is 1. The number of nitrogens with one attached hydrogen (secondary N) is 1. The molecule has 2 aromatic carbocycles. The molecule has 4 aromatic rings. The molecule has 3 aliphatic rings. The van der Waals surface area contributed by atoms with Gasteiger partial charge in [-0.15, -0.1) is 34.9 Å². The number of rotatable bonds is 13. The number of nitrogens with zero attached hydrogens (tertiary/aromatic N) is 4. The molecule has 2 amide bonds. The van der Waals surface area contributed by atoms with Crippen molar-refractivity contribution in [3.05, 3.63) is 130 Å². The number of benzene rings is 2. The minimum atomic E-state index is -0.906. The van der Waals surface area contributed by atoms with Crippen molar-refractivity contribution in [1.29, 1.82) is 0 Å². The molecule has 1 saturated carbocycles. The van der Waals surface area contributed by atoms with Gasteiger partial charge in [0.15, 0.2) is 16.9 Å². The highest BCUT2D eigenvalue weighted by Crippen LogP contribution is 2.42. The van der Waals surface area contributed by atoms with E-state index >= 15 is 0 Å². The van der Waals surface area contributed by atoms with E-state index < -0.39 is 35.3 Å². The Balaban J connectivity index is 1.14. The van der Waals surface area contributed by atoms with Gasteiger partial charge in [0.1, 0.15) is 28.9 Å². The molecule has 0 unspecified atom stereocenters. The number of fused-ring (bicyclic) bond motifs is 1. The van der Waals surface area contributed by atoms with Crippen LogP contribution in [0, 0.1) is 0 Å². The number of anilines is 1. The standard InChI is InChI=1S/C36H32N6O5S3/c37-36-39-27(21-50-36)28(41-47-26-13-14-26)32(43)40-29-33(44)42-30(25(20-49-34(29)42)19-48-17-15-22-8-7-16-38-18-22)35(45)46-31(23-9-3-1-4-10-23)24-11-5-2-6-12-24/h1-12,15-18,21,26,29,31,34H,13-14,19-20H2,(H2,37,39)(H,40,43)/b17-15-,41-28?/t29-,34-/m1/s1. The average molecular weight is 725 g/mol. The van der Waals surface area contributed by atoms with Crippen LogP contribution in [0.5, 0.6) is 0 Å². The third kappa shape index (κ3) is 7.62. The van der Waals surface area contributed by atoms with E-state index in [0.29, 0.717) is 11.5 Å². The maximum atomic E-state index is 14.3. The van der Waals surface area contributed by atoms with Crippen LogP contribution in [-0.4, -0.2) is 67.4 Å². The van der Waals surface area contributed by atoms with E-state index in [-0.39, 0.29) is 28.3 Å². The number of nitrogen functional groups attached to an aromatic ring is 1. The predicted molar refractivity (Wildman–Crippen MR) is 196 cm³/mol. The molecule has 50 heavy (non-hydrogen) atoms. The molecule has 2 aliphatic heterocycles. The number of nitrogens with two attached hydrogens (primary N) is 1. The van der Waals surface area contributed by atoms with Gasteiger partial charge < -0.3 is 20.6 Å². The van der Waals surface area contributed by atoms with E-state index in [2.05, 4.69) is 20.4 Å². The number of hydrogen-bond donors (Lipinski definition) is 2. The Morgan fingerprint density at radius 2 is 1.82 bits per heavy atom. The van der Waals surface area contributed by atoms with Crippen LogP contribution in [-0.2, 0) is 24.0 Å². The molecule has 11 nitrogen and oxygen atoms in total. The van der Waals surface area contributed by atoms with Crippen LogP contribution < -0.4 is 11.1 Å². The molecule has 2 aromatic heterocycles. The smallest absolute Gasteiger partial charge is 0.356 e. The summed E-state index contributed by atoms with van der Waals surface area (Å²) in [6.07, 6.45) is 6.38. The zero-order valence-electron chi connectivity index (χ0n) is 26.6. The summed E-state index contributed by atoms with van der Waals surface area (Å²) in [5, 5.41) is 10.2. The Kier molecular flexibility index (Phi) is 10.3. The predicted octanol–water partition coefficient (Wildman–Crippen LogP) is 5.39. The lowest BCUT2D eigenvalue weighted by Gasteiger charge is -2.49. The molecule has 2 atom stereocenters. The van der Waals surface area contributed by atoms with E-state index in [4.69, 9.17) is 15.3 Å². The molecule has 1 saturated heterocycles. The topological polar surface area (TPSA) is 149 Å². The van der Waals surface area contributed by atoms with Gasteiger partial charge >= 0.3 is 5.97 Å². The van der Waals surface area contributed by atoms with Gasteiger partial charge in [-0.25, -0.2) is 9.78 Å². The van der Waals surface area contributed by atoms with E-state index in [1.165, 1.54) is 39.8 Å². The normalized spacial score (nSPS) is 18.9. The molecular formula is C36H32N6O5S3. The summed E-state index contributed by atoms with van der Waals surface area (Å²) in [6, 6.07) is 21.9. The molecule has 7 rings (SSSR count). The maximum Gasteiger partial charge on any atom is 0.356 e. The van der Waals surface area contributed by atoms with Crippen molar-refractivity contribution in [2.75, 3.05) is 17.2 Å². The molecule has 4 heterocycles. The summed E-state index contributed by atoms with van der Waals surface area (Å²) < 4.78 is 6.27. The molecule has 0 spiro atoms. The fraction of sp³-hybridized carbons (Fsp3) is 0.222. The Hall–Kier alpha value is -4.92. The summed E-state index contributed by atoms with van der Waals surface area (Å²) in [7, 11) is 0. The van der Waals surface area contributed by atoms with E-state index in [9.17, 15) is 14.4 Å². The highest BCUT2D eigenvalue weighted by molar-refractivity contribution is 8.02. The molecule has 2 fully saturated rings. The largest absolute Gasteiger partial charge is 0.448 e. The van der Waals surface area contributed by atoms with Gasteiger partial charge in [0.05, 0.1) is 0 Å². The number of carbonyl (C=O) groups is 3. The summed E-state index contributed by atoms with van der Waals surface area (Å²) in [5.74, 6) is -0.751. The van der Waals surface area contributed by atoms with Crippen molar-refractivity contribution in [3.8, 4) is 0 Å². The van der Waals surface area contributed by atoms with Gasteiger partial charge in [0, 0.05) is 29.3 Å². The van der Waals surface area contributed by atoms with Crippen molar-refractivity contribution in [1.82, 2.24) is 20.2 Å². The first kappa shape index (κ1) is 33.6. The van der Waals surface area contributed by atoms with Gasteiger partial charge in [-0.3, -0.25) is 19.5 Å². The lowest BCUT2D eigenvalue weighted by molar-refractivity contribution is -0.154. The number of ether oxygens (including phenoxy) is 1. The first-order valence-electron chi connectivity index (χ1n) is 15.9. The van der Waals surface area contributed by atoms with Crippen LogP contribution >= 0.6 is 34.9 Å². The number of carbonyl (C=O) groups excluding carboxylic acids is 3. The molecule has 3 N–H and O–H groups in total. The fourth-order valence-electron chi connectivity index (χ4n) is 5.39. The SMILES string of the molecule is Nc1nc(C(=NOC2CC2)C(=O)N[C@@H]2C(=O)N3C(C(=O)OC(c4ccccc4)c4ccccc4)=C(CS/C=C\c4cccnc4)CS[C@H]23)cs1. The first-order valence-corrected chi connectivity index (χ1v) is 18.9. The fourth-order valence-corrected chi connectivity index (χ4v) is 8.20. The van der Waals surface area contributed by atoms with Crippen LogP contribution in [0.15, 0.2) is 112 Å². The average Bonchev–Trinajstić information content (AvgIpc) is 3.89. The second-order valence-corrected chi connectivity index (χ2v) is 14.5. The Morgan fingerprint density at radius 3 is 2.46 bits per heavy atom. The van der Waals surface area contributed by atoms with E-state index in [0.717, 1.165) is 35.1 Å². The molecule has 14 heteroatoms. The summed E-state index contributed by atoms with van der Waals surface area (Å²) in [5.41, 5.74) is 9.54. The first-order chi connectivity index (χ1) is 24.5. The number of pyridine rings is 1. The van der Waals surface area contributed by atoms with E-state index in [1.807, 2.05) is 84.3 Å². The van der Waals surface area contributed by atoms with Gasteiger partial charge in [0.25, 0.3) is 11.8 Å². The zero-order chi connectivity index (χ0) is 34.5. The third-order valence-electron chi connectivity index (χ3n) is 8.05. The van der Waals surface area contributed by atoms with Crippen LogP contribution in [0.2, 0.25) is 0 Å². The highest BCUT2D eigenvalue weighted by Gasteiger charge is 2.55. The Labute approximate surface area is 301 Å². The number of β-lactam (4-membered cyclic amide) rings is 1. The van der Waals surface area contributed by atoms with Gasteiger partial charge in [-0.05, 0) is 52.7 Å². The van der Waals surface area contributed by atoms with Crippen LogP contribution in [0.4, 0.5) is 5.13 Å². The summed E-state index contributed by atoms with van der Waals surface area (Å²) >= 11 is 4.15. The molecule has 254 valence electrons. The molecule has 1 aliphatic carbocycles. The Bertz CT molecular complexity index is 1910. The van der Waals surface area contributed by atoms with Gasteiger partial charge in [-0.1, -0.05) is 71.9 Å². The second kappa shape index (κ2) is 15.3. The Morgan fingerprint density at radius 1 is 1.08 bits per heavy atom. The second-order valence-electron chi connectivity index (χ2n) is 11.6. The van der Waals surface area contributed by atoms with Crippen molar-refractivity contribution >= 4 is 69.6 Å². The van der Waals surface area contributed by atoms with Crippen LogP contribution in [0.25, 0.3) is 6.08 Å². The van der Waals surface area contributed by atoms with Crippen molar-refractivity contribution < 1.29 is 24.0 Å². The number of aromatic nitrogens is 2. The summed E-state index contributed by atoms with van der Waals surface area (Å²) in [6.45, 7) is 0. The molecule has 0 bridgehead atoms. The number of thioether (sulfide) groups is 2. The number of esters is 1. The van der Waals surface area contributed by atoms with E-state index in [1.54, 1.807) is 17.8 Å². The lowest BCUT2D eigenvalue weighted by Crippen LogP contribution is -2.71. The number of amides is 2. The molecular weight excluding hydrogens is 693 g/mol. The van der Waals surface area contributed by atoms with Crippen molar-refractivity contribution in [2.45, 2.75) is 36.5 Å². The monoisotopic (exact) mass is 724 g/mol. The highest BCUT2D eigenvalue weighted by atomic mass is 32.2. The quantitative estimate of drug-likeness (QED) is 0.0796. The van der Waals surface area contributed by atoms with Crippen molar-refractivity contribution in [3.63, 3.8) is 0 Å². The van der Waals surface area contributed by atoms with Gasteiger partial charge in [0.2, 0.25) is 0 Å². The third-order valence-corrected chi connectivity index (χ3v) is 10.9. The van der Waals surface area contributed by atoms with Gasteiger partial charge in [-0.2, -0.15) is 0 Å². The van der Waals surface area contributed by atoms with Crippen molar-refractivity contribution in [2.24, 2.45) is 5.16 Å².